The molecule has 0 spiro atoms. The Morgan fingerprint density at radius 3 is 1.30 bits per heavy atom. The van der Waals surface area contributed by atoms with Crippen molar-refractivity contribution in [3.63, 3.8) is 0 Å². The van der Waals surface area contributed by atoms with Crippen LogP contribution in [0.1, 0.15) is 72.2 Å². The number of aryl methyl sites for hydroxylation is 3. The smallest absolute Gasteiger partial charge is 0.414 e. The third-order valence-corrected chi connectivity index (χ3v) is 12.5. The summed E-state index contributed by atoms with van der Waals surface area (Å²) in [4.78, 5) is 30.9. The van der Waals surface area contributed by atoms with Crippen molar-refractivity contribution in [1.82, 2.24) is 0 Å². The molecule has 4 fully saturated rings. The molecule has 0 saturated carbocycles. The second-order valence-electron chi connectivity index (χ2n) is 17.4. The van der Waals surface area contributed by atoms with Gasteiger partial charge in [-0.1, -0.05) is 88.4 Å². The van der Waals surface area contributed by atoms with Gasteiger partial charge >= 0.3 is 12.2 Å². The molecule has 0 aliphatic carbocycles. The van der Waals surface area contributed by atoms with E-state index in [0.29, 0.717) is 57.7 Å². The summed E-state index contributed by atoms with van der Waals surface area (Å²) in [6.45, 7) is 11.7. The minimum atomic E-state index is -0.527. The molecule has 2 amide bonds. The van der Waals surface area contributed by atoms with Gasteiger partial charge in [0.05, 0.1) is 37.7 Å². The molecule has 0 N–H and O–H groups in total. The van der Waals surface area contributed by atoms with Gasteiger partial charge in [-0.2, -0.15) is 0 Å². The highest BCUT2D eigenvalue weighted by Crippen LogP contribution is 2.39. The Morgan fingerprint density at radius 1 is 0.485 bits per heavy atom. The number of cyclic esters (lactones) is 2. The van der Waals surface area contributed by atoms with E-state index in [1.54, 1.807) is 9.80 Å². The van der Waals surface area contributed by atoms with Crippen molar-refractivity contribution >= 4 is 23.6 Å². The van der Waals surface area contributed by atoms with Crippen LogP contribution in [0.15, 0.2) is 97.1 Å². The van der Waals surface area contributed by atoms with Gasteiger partial charge in [0.1, 0.15) is 61.6 Å². The maximum absolute atomic E-state index is 13.8. The number of anilines is 2. The Kier molecular flexibility index (Phi) is 14.0. The van der Waals surface area contributed by atoms with E-state index in [2.05, 4.69) is 45.0 Å². The highest BCUT2D eigenvalue weighted by molar-refractivity contribution is 5.96. The van der Waals surface area contributed by atoms with Crippen molar-refractivity contribution in [2.24, 2.45) is 0 Å². The molecule has 0 radical (unpaired) electrons. The summed E-state index contributed by atoms with van der Waals surface area (Å²) in [6.07, 6.45) is 2.43. The van der Waals surface area contributed by atoms with Crippen LogP contribution in [0.2, 0.25) is 0 Å². The molecule has 4 heterocycles. The summed E-state index contributed by atoms with van der Waals surface area (Å²) in [5, 5.41) is 0. The normalized spacial score (nSPS) is 19.7. The Bertz CT molecular complexity index is 2490. The number of amides is 2. The first-order chi connectivity index (χ1) is 32.3. The molecule has 4 saturated heterocycles. The van der Waals surface area contributed by atoms with Crippen molar-refractivity contribution in [2.45, 2.75) is 90.6 Å². The van der Waals surface area contributed by atoms with Gasteiger partial charge in [-0.25, -0.2) is 9.59 Å². The predicted molar refractivity (Wildman–Crippen MR) is 252 cm³/mol. The fraction of sp³-hybridized carbons (Fsp3) is 0.407. The van der Waals surface area contributed by atoms with E-state index in [1.165, 1.54) is 5.56 Å². The molecule has 4 aliphatic heterocycles. The van der Waals surface area contributed by atoms with Gasteiger partial charge in [0.25, 0.3) is 0 Å². The lowest BCUT2D eigenvalue weighted by Crippen LogP contribution is -2.30. The molecule has 12 heteroatoms. The lowest BCUT2D eigenvalue weighted by molar-refractivity contribution is 0.104. The van der Waals surface area contributed by atoms with E-state index < -0.39 is 24.4 Å². The van der Waals surface area contributed by atoms with Crippen LogP contribution in [0.3, 0.4) is 0 Å². The maximum Gasteiger partial charge on any atom is 0.414 e. The summed E-state index contributed by atoms with van der Waals surface area (Å²) in [7, 11) is 0. The third kappa shape index (κ3) is 10.7. The van der Waals surface area contributed by atoms with E-state index >= 15 is 0 Å². The Morgan fingerprint density at radius 2 is 0.894 bits per heavy atom. The van der Waals surface area contributed by atoms with Crippen LogP contribution in [0.5, 0.6) is 23.0 Å². The van der Waals surface area contributed by atoms with Gasteiger partial charge in [0.15, 0.2) is 12.2 Å². The van der Waals surface area contributed by atoms with Gasteiger partial charge < -0.3 is 37.9 Å². The van der Waals surface area contributed by atoms with Crippen molar-refractivity contribution in [3.05, 3.63) is 142 Å². The number of epoxide rings is 2. The number of carbonyl (C=O) groups is 2. The molecule has 0 aromatic heterocycles. The van der Waals surface area contributed by atoms with Crippen LogP contribution in [0.4, 0.5) is 21.0 Å². The molecular weight excluding hydrogens is 837 g/mol. The first-order valence-corrected chi connectivity index (χ1v) is 23.5. The van der Waals surface area contributed by atoms with Crippen LogP contribution < -0.4 is 28.7 Å². The topological polar surface area (TPSA) is 121 Å². The van der Waals surface area contributed by atoms with Crippen LogP contribution in [-0.2, 0) is 57.5 Å². The molecule has 0 bridgehead atoms. The van der Waals surface area contributed by atoms with E-state index in [4.69, 9.17) is 37.9 Å². The van der Waals surface area contributed by atoms with Crippen molar-refractivity contribution in [3.8, 4) is 23.0 Å². The van der Waals surface area contributed by atoms with Crippen molar-refractivity contribution in [1.29, 1.82) is 0 Å². The number of ether oxygens (including phenoxy) is 8. The molecule has 4 aliphatic rings. The molecule has 66 heavy (non-hydrogen) atoms. The van der Waals surface area contributed by atoms with E-state index in [0.717, 1.165) is 93.6 Å². The number of rotatable bonds is 22. The van der Waals surface area contributed by atoms with Gasteiger partial charge in [-0.15, -0.1) is 0 Å². The zero-order valence-corrected chi connectivity index (χ0v) is 38.4. The second-order valence-corrected chi connectivity index (χ2v) is 17.4. The number of benzene rings is 5. The molecule has 5 aromatic carbocycles. The molecule has 5 aromatic rings. The fourth-order valence-corrected chi connectivity index (χ4v) is 8.82. The average molecular weight is 897 g/mol. The average Bonchev–Trinajstić information content (AvgIpc) is 4.28. The third-order valence-electron chi connectivity index (χ3n) is 12.5. The van der Waals surface area contributed by atoms with Crippen LogP contribution in [0, 0.1) is 0 Å². The first kappa shape index (κ1) is 44.9. The zero-order valence-electron chi connectivity index (χ0n) is 38.4. The van der Waals surface area contributed by atoms with Crippen molar-refractivity contribution in [2.75, 3.05) is 62.5 Å². The lowest BCUT2D eigenvalue weighted by atomic mass is 9.99. The van der Waals surface area contributed by atoms with Gasteiger partial charge in [0, 0.05) is 24.0 Å². The molecule has 346 valence electrons. The fourth-order valence-electron chi connectivity index (χ4n) is 8.82. The predicted octanol–water partition coefficient (Wildman–Crippen LogP) is 9.48. The lowest BCUT2D eigenvalue weighted by Gasteiger charge is -2.25. The summed E-state index contributed by atoms with van der Waals surface area (Å²) in [5.74, 6) is 3.14. The van der Waals surface area contributed by atoms with E-state index in [-0.39, 0.29) is 25.4 Å². The first-order valence-electron chi connectivity index (χ1n) is 23.5. The van der Waals surface area contributed by atoms with Gasteiger partial charge in [-0.3, -0.25) is 9.80 Å². The van der Waals surface area contributed by atoms with Gasteiger partial charge in [0.2, 0.25) is 0 Å². The summed E-state index contributed by atoms with van der Waals surface area (Å²) >= 11 is 0. The molecular formula is C54H60N2O10. The quantitative estimate of drug-likeness (QED) is 0.0622. The highest BCUT2D eigenvalue weighted by atomic mass is 16.6. The monoisotopic (exact) mass is 896 g/mol. The SMILES string of the molecule is CCc1cc(N2CC(COc3cc(CC)c(OCC4CO4)c(Cc4ccccc4)c3)OC2=O)c(CC)c(N2CC(COc3c(CC)cc(OCC4CO4)cc3Cc3ccccc3)OC2=O)c1. The summed E-state index contributed by atoms with van der Waals surface area (Å²) in [6, 6.07) is 32.8. The van der Waals surface area contributed by atoms with Crippen molar-refractivity contribution < 1.29 is 47.5 Å². The molecule has 12 nitrogen and oxygen atoms in total. The van der Waals surface area contributed by atoms with E-state index in [9.17, 15) is 9.59 Å². The number of hydrogen-bond donors (Lipinski definition) is 0. The Labute approximate surface area is 387 Å². The Hall–Kier alpha value is -6.24. The molecule has 9 rings (SSSR count). The summed E-state index contributed by atoms with van der Waals surface area (Å²) < 4.78 is 48.3. The Balaban J connectivity index is 0.898. The van der Waals surface area contributed by atoms with Crippen LogP contribution >= 0.6 is 0 Å². The minimum Gasteiger partial charge on any atom is -0.491 e. The zero-order chi connectivity index (χ0) is 45.6. The second kappa shape index (κ2) is 20.5. The number of nitrogens with zero attached hydrogens (tertiary/aromatic N) is 2. The highest BCUT2D eigenvalue weighted by Gasteiger charge is 2.39. The van der Waals surface area contributed by atoms with E-state index in [1.807, 2.05) is 79.7 Å². The van der Waals surface area contributed by atoms with Crippen LogP contribution in [-0.4, -0.2) is 89.3 Å². The standard InChI is InChI=1S/C54H60N2O10/c1-5-35-21-49(55-27-44(65-53(55)57)29-59-42-23-39(7-3)52(64-34-47-33-62-47)41(25-42)20-37-17-13-10-14-18-37)48(8-4)50(22-35)56-28-45(66-54(56)58)30-63-51-38(6-2)24-43(60-31-46-32-61-46)26-40(51)19-36-15-11-9-12-16-36/h9-18,21-26,44-47H,5-8,19-20,27-34H2,1-4H3. The largest absolute Gasteiger partial charge is 0.491 e. The maximum atomic E-state index is 13.8. The molecule has 4 atom stereocenters. The van der Waals surface area contributed by atoms with Crippen LogP contribution in [0.25, 0.3) is 0 Å². The molecule has 4 unspecified atom stereocenters. The summed E-state index contributed by atoms with van der Waals surface area (Å²) in [5.41, 5.74) is 9.72. The minimum absolute atomic E-state index is 0.134. The number of hydrogen-bond acceptors (Lipinski definition) is 10. The van der Waals surface area contributed by atoms with Gasteiger partial charge in [-0.05, 0) is 95.5 Å². The number of carbonyl (C=O) groups excluding carboxylic acids is 2.